The summed E-state index contributed by atoms with van der Waals surface area (Å²) < 4.78 is 5.94. The molecular formula is C17H20O. The Hall–Kier alpha value is -1.76. The Morgan fingerprint density at radius 3 is 2.11 bits per heavy atom. The van der Waals surface area contributed by atoms with Gasteiger partial charge in [0.15, 0.2) is 0 Å². The number of aryl methyl sites for hydroxylation is 4. The van der Waals surface area contributed by atoms with Gasteiger partial charge in [-0.25, -0.2) is 0 Å². The van der Waals surface area contributed by atoms with Crippen LogP contribution in [0.15, 0.2) is 36.4 Å². The van der Waals surface area contributed by atoms with E-state index in [1.165, 1.54) is 27.8 Å². The summed E-state index contributed by atoms with van der Waals surface area (Å²) in [5.41, 5.74) is 6.24. The summed E-state index contributed by atoms with van der Waals surface area (Å²) in [6, 6.07) is 12.8. The third kappa shape index (κ3) is 2.92. The highest BCUT2D eigenvalue weighted by Crippen LogP contribution is 2.21. The Labute approximate surface area is 109 Å². The van der Waals surface area contributed by atoms with Crippen molar-refractivity contribution in [3.05, 3.63) is 64.2 Å². The quantitative estimate of drug-likeness (QED) is 0.767. The van der Waals surface area contributed by atoms with Crippen molar-refractivity contribution in [3.8, 4) is 5.75 Å². The van der Waals surface area contributed by atoms with Crippen molar-refractivity contribution < 1.29 is 4.74 Å². The fourth-order valence-electron chi connectivity index (χ4n) is 1.97. The average molecular weight is 240 g/mol. The van der Waals surface area contributed by atoms with Crippen LogP contribution in [0.1, 0.15) is 27.8 Å². The number of hydrogen-bond acceptors (Lipinski definition) is 1. The van der Waals surface area contributed by atoms with Crippen LogP contribution in [0.3, 0.4) is 0 Å². The minimum absolute atomic E-state index is 0.637. The van der Waals surface area contributed by atoms with E-state index < -0.39 is 0 Å². The second kappa shape index (κ2) is 5.26. The maximum Gasteiger partial charge on any atom is 0.122 e. The van der Waals surface area contributed by atoms with E-state index >= 15 is 0 Å². The molecule has 1 heteroatoms. The summed E-state index contributed by atoms with van der Waals surface area (Å²) in [4.78, 5) is 0. The van der Waals surface area contributed by atoms with Crippen LogP contribution in [-0.2, 0) is 6.61 Å². The first kappa shape index (κ1) is 12.7. The maximum atomic E-state index is 5.94. The summed E-state index contributed by atoms with van der Waals surface area (Å²) in [6.07, 6.45) is 0. The molecule has 0 spiro atoms. The van der Waals surface area contributed by atoms with E-state index in [1.54, 1.807) is 0 Å². The van der Waals surface area contributed by atoms with Crippen molar-refractivity contribution in [2.75, 3.05) is 0 Å². The van der Waals surface area contributed by atoms with Crippen LogP contribution >= 0.6 is 0 Å². The van der Waals surface area contributed by atoms with E-state index in [9.17, 15) is 0 Å². The fraction of sp³-hybridized carbons (Fsp3) is 0.294. The zero-order valence-corrected chi connectivity index (χ0v) is 11.6. The van der Waals surface area contributed by atoms with Gasteiger partial charge >= 0.3 is 0 Å². The molecule has 0 saturated carbocycles. The van der Waals surface area contributed by atoms with Gasteiger partial charge < -0.3 is 4.74 Å². The lowest BCUT2D eigenvalue weighted by Gasteiger charge is -2.12. The molecule has 2 rings (SSSR count). The molecule has 94 valence electrons. The van der Waals surface area contributed by atoms with Gasteiger partial charge in [0.05, 0.1) is 0 Å². The summed E-state index contributed by atoms with van der Waals surface area (Å²) in [5, 5.41) is 0. The van der Waals surface area contributed by atoms with Crippen LogP contribution < -0.4 is 4.74 Å². The smallest absolute Gasteiger partial charge is 0.122 e. The van der Waals surface area contributed by atoms with Crippen molar-refractivity contribution in [2.45, 2.75) is 34.3 Å². The second-order valence-electron chi connectivity index (χ2n) is 4.99. The molecule has 0 aliphatic rings. The molecule has 0 amide bonds. The van der Waals surface area contributed by atoms with Crippen molar-refractivity contribution in [1.82, 2.24) is 0 Å². The molecule has 0 atom stereocenters. The normalized spacial score (nSPS) is 10.4. The number of benzene rings is 2. The van der Waals surface area contributed by atoms with E-state index in [1.807, 2.05) is 0 Å². The zero-order chi connectivity index (χ0) is 13.1. The fourth-order valence-corrected chi connectivity index (χ4v) is 1.97. The molecule has 2 aromatic rings. The Morgan fingerprint density at radius 2 is 1.39 bits per heavy atom. The predicted octanol–water partition coefficient (Wildman–Crippen LogP) is 4.50. The molecule has 0 aliphatic heterocycles. The van der Waals surface area contributed by atoms with Crippen LogP contribution in [0, 0.1) is 27.7 Å². The highest BCUT2D eigenvalue weighted by molar-refractivity contribution is 5.37. The monoisotopic (exact) mass is 240 g/mol. The molecule has 0 saturated heterocycles. The first-order valence-corrected chi connectivity index (χ1v) is 6.32. The van der Waals surface area contributed by atoms with Gasteiger partial charge in [-0.05, 0) is 56.0 Å². The molecule has 0 N–H and O–H groups in total. The number of rotatable bonds is 3. The molecule has 0 radical (unpaired) electrons. The topological polar surface area (TPSA) is 9.23 Å². The highest BCUT2D eigenvalue weighted by Gasteiger charge is 2.03. The van der Waals surface area contributed by atoms with E-state index in [2.05, 4.69) is 64.1 Å². The predicted molar refractivity (Wildman–Crippen MR) is 76.2 cm³/mol. The molecule has 0 aromatic heterocycles. The Kier molecular flexibility index (Phi) is 3.71. The van der Waals surface area contributed by atoms with Gasteiger partial charge in [0, 0.05) is 0 Å². The third-order valence-electron chi connectivity index (χ3n) is 3.23. The Balaban J connectivity index is 2.16. The van der Waals surface area contributed by atoms with Crippen molar-refractivity contribution >= 4 is 0 Å². The van der Waals surface area contributed by atoms with Gasteiger partial charge in [0.25, 0.3) is 0 Å². The maximum absolute atomic E-state index is 5.94. The molecule has 2 aromatic carbocycles. The molecule has 0 fully saturated rings. The molecule has 0 aliphatic carbocycles. The largest absolute Gasteiger partial charge is 0.489 e. The zero-order valence-electron chi connectivity index (χ0n) is 11.6. The first-order chi connectivity index (χ1) is 8.56. The van der Waals surface area contributed by atoms with E-state index in [4.69, 9.17) is 4.74 Å². The lowest BCUT2D eigenvalue weighted by Crippen LogP contribution is -2.00. The molecule has 0 bridgehead atoms. The summed E-state index contributed by atoms with van der Waals surface area (Å²) in [6.45, 7) is 9.04. The minimum atomic E-state index is 0.637. The van der Waals surface area contributed by atoms with Crippen molar-refractivity contribution in [3.63, 3.8) is 0 Å². The van der Waals surface area contributed by atoms with Crippen LogP contribution in [0.5, 0.6) is 5.75 Å². The molecule has 1 nitrogen and oxygen atoms in total. The van der Waals surface area contributed by atoms with E-state index in [-0.39, 0.29) is 0 Å². The molecule has 0 heterocycles. The van der Waals surface area contributed by atoms with Gasteiger partial charge in [0.2, 0.25) is 0 Å². The van der Waals surface area contributed by atoms with E-state index in [0.29, 0.717) is 6.61 Å². The number of ether oxygens (including phenoxy) is 1. The third-order valence-corrected chi connectivity index (χ3v) is 3.23. The SMILES string of the molecule is Cc1ccc(C)c(COc2cc(C)ccc2C)c1. The standard InChI is InChI=1S/C17H20O/c1-12-5-7-14(3)16(9-12)11-18-17-10-13(2)6-8-15(17)4/h5-10H,11H2,1-4H3. The van der Waals surface area contributed by atoms with E-state index in [0.717, 1.165) is 5.75 Å². The Morgan fingerprint density at radius 1 is 0.778 bits per heavy atom. The number of hydrogen-bond donors (Lipinski definition) is 0. The van der Waals surface area contributed by atoms with Gasteiger partial charge in [-0.2, -0.15) is 0 Å². The van der Waals surface area contributed by atoms with Crippen LogP contribution in [0.2, 0.25) is 0 Å². The lowest BCUT2D eigenvalue weighted by atomic mass is 10.1. The summed E-state index contributed by atoms with van der Waals surface area (Å²) in [7, 11) is 0. The van der Waals surface area contributed by atoms with Crippen LogP contribution in [0.4, 0.5) is 0 Å². The highest BCUT2D eigenvalue weighted by atomic mass is 16.5. The van der Waals surface area contributed by atoms with Gasteiger partial charge in [0.1, 0.15) is 12.4 Å². The molecular weight excluding hydrogens is 220 g/mol. The van der Waals surface area contributed by atoms with Crippen LogP contribution in [-0.4, -0.2) is 0 Å². The summed E-state index contributed by atoms with van der Waals surface area (Å²) in [5.74, 6) is 0.982. The second-order valence-corrected chi connectivity index (χ2v) is 4.99. The Bertz CT molecular complexity index is 504. The van der Waals surface area contributed by atoms with Gasteiger partial charge in [-0.1, -0.05) is 35.9 Å². The lowest BCUT2D eigenvalue weighted by molar-refractivity contribution is 0.303. The first-order valence-electron chi connectivity index (χ1n) is 6.32. The van der Waals surface area contributed by atoms with Crippen molar-refractivity contribution in [2.24, 2.45) is 0 Å². The van der Waals surface area contributed by atoms with Gasteiger partial charge in [-0.15, -0.1) is 0 Å². The van der Waals surface area contributed by atoms with Crippen LogP contribution in [0.25, 0.3) is 0 Å². The summed E-state index contributed by atoms with van der Waals surface area (Å²) >= 11 is 0. The molecule has 0 unspecified atom stereocenters. The average Bonchev–Trinajstić information content (AvgIpc) is 2.34. The molecule has 18 heavy (non-hydrogen) atoms. The van der Waals surface area contributed by atoms with Gasteiger partial charge in [-0.3, -0.25) is 0 Å². The minimum Gasteiger partial charge on any atom is -0.489 e. The van der Waals surface area contributed by atoms with Crippen molar-refractivity contribution in [1.29, 1.82) is 0 Å².